The molecule has 0 saturated heterocycles. The Morgan fingerprint density at radius 1 is 0.929 bits per heavy atom. The van der Waals surface area contributed by atoms with E-state index in [1.807, 2.05) is 45.0 Å². The van der Waals surface area contributed by atoms with Gasteiger partial charge in [0.25, 0.3) is 0 Å². The molecule has 6 nitrogen and oxygen atoms in total. The molecule has 3 N–H and O–H groups in total. The molecule has 0 spiro atoms. The molecule has 2 rings (SSSR count). The monoisotopic (exact) mass is 420 g/mol. The summed E-state index contributed by atoms with van der Waals surface area (Å²) in [5.74, 6) is 6.26. The van der Waals surface area contributed by atoms with Crippen molar-refractivity contribution in [2.24, 2.45) is 10.6 Å². The summed E-state index contributed by atoms with van der Waals surface area (Å²) in [6.45, 7) is 6.23. The lowest BCUT2D eigenvalue weighted by molar-refractivity contribution is 0.571. The quantitative estimate of drug-likeness (QED) is 0.699. The second kappa shape index (κ2) is 8.45. The first kappa shape index (κ1) is 22.1. The second-order valence-corrected chi connectivity index (χ2v) is 10.6. The third-order valence-corrected chi connectivity index (χ3v) is 6.30. The minimum absolute atomic E-state index is 0.0791. The van der Waals surface area contributed by atoms with Crippen LogP contribution >= 0.6 is 0 Å². The first-order chi connectivity index (χ1) is 12.9. The molecule has 0 aliphatic rings. The molecule has 0 atom stereocenters. The van der Waals surface area contributed by atoms with Crippen LogP contribution in [0, 0.1) is 17.3 Å². The van der Waals surface area contributed by atoms with Gasteiger partial charge in [-0.1, -0.05) is 36.1 Å². The molecule has 0 aliphatic carbocycles. The Bertz CT molecular complexity index is 1100. The van der Waals surface area contributed by atoms with E-state index in [4.69, 9.17) is 5.14 Å². The fraction of sp³-hybridized carbons (Fsp3) is 0.300. The second-order valence-electron chi connectivity index (χ2n) is 7.34. The largest absolute Gasteiger partial charge is 0.241 e. The summed E-state index contributed by atoms with van der Waals surface area (Å²) >= 11 is 0. The molecule has 0 amide bonds. The summed E-state index contributed by atoms with van der Waals surface area (Å²) in [6, 6.07) is 12.8. The highest BCUT2D eigenvalue weighted by Crippen LogP contribution is 2.19. The maximum absolute atomic E-state index is 12.5. The molecule has 2 aromatic carbocycles. The van der Waals surface area contributed by atoms with Crippen molar-refractivity contribution in [3.05, 3.63) is 59.7 Å². The standard InChI is InChI=1S/C20H24N2O4S2/c1-20(2,3)14-12-16-8-10-17(11-9-16)13-15-22-28(25,26)19-7-5-4-6-18(19)27(21,23)24/h4-11,22H,13,15H2,1-3H3,(H2,21,23,24). The summed E-state index contributed by atoms with van der Waals surface area (Å²) < 4.78 is 50.6. The minimum atomic E-state index is -4.15. The number of sulfonamides is 2. The zero-order valence-electron chi connectivity index (χ0n) is 16.1. The van der Waals surface area contributed by atoms with Gasteiger partial charge in [-0.3, -0.25) is 0 Å². The van der Waals surface area contributed by atoms with Crippen molar-refractivity contribution in [1.29, 1.82) is 0 Å². The van der Waals surface area contributed by atoms with Crippen LogP contribution in [0.1, 0.15) is 31.9 Å². The highest BCUT2D eigenvalue weighted by molar-refractivity contribution is 7.92. The Morgan fingerprint density at radius 2 is 1.50 bits per heavy atom. The average Bonchev–Trinajstić information content (AvgIpc) is 2.59. The van der Waals surface area contributed by atoms with Crippen molar-refractivity contribution in [3.63, 3.8) is 0 Å². The van der Waals surface area contributed by atoms with Crippen LogP contribution in [0.2, 0.25) is 0 Å². The van der Waals surface area contributed by atoms with Gasteiger partial charge in [-0.15, -0.1) is 0 Å². The number of rotatable bonds is 6. The van der Waals surface area contributed by atoms with Crippen LogP contribution in [0.3, 0.4) is 0 Å². The molecule has 2 aromatic rings. The van der Waals surface area contributed by atoms with Crippen LogP contribution < -0.4 is 9.86 Å². The molecule has 28 heavy (non-hydrogen) atoms. The average molecular weight is 421 g/mol. The smallest absolute Gasteiger partial charge is 0.225 e. The molecule has 150 valence electrons. The van der Waals surface area contributed by atoms with Crippen LogP contribution in [0.4, 0.5) is 0 Å². The first-order valence-corrected chi connectivity index (χ1v) is 11.7. The Labute approximate surface area is 167 Å². The SMILES string of the molecule is CC(C)(C)C#Cc1ccc(CCNS(=O)(=O)c2ccccc2S(N)(=O)=O)cc1. The molecule has 8 heteroatoms. The van der Waals surface area contributed by atoms with E-state index in [0.717, 1.165) is 11.1 Å². The van der Waals surface area contributed by atoms with E-state index in [-0.39, 0.29) is 16.9 Å². The number of benzene rings is 2. The zero-order valence-corrected chi connectivity index (χ0v) is 17.7. The normalized spacial score (nSPS) is 12.3. The molecule has 0 aliphatic heterocycles. The van der Waals surface area contributed by atoms with E-state index in [2.05, 4.69) is 16.6 Å². The van der Waals surface area contributed by atoms with Gasteiger partial charge >= 0.3 is 0 Å². The molecule has 0 fully saturated rings. The van der Waals surface area contributed by atoms with Crippen molar-refractivity contribution < 1.29 is 16.8 Å². The third-order valence-electron chi connectivity index (χ3n) is 3.69. The van der Waals surface area contributed by atoms with Gasteiger partial charge in [-0.05, 0) is 57.0 Å². The Morgan fingerprint density at radius 3 is 2.04 bits per heavy atom. The van der Waals surface area contributed by atoms with E-state index < -0.39 is 24.9 Å². The van der Waals surface area contributed by atoms with E-state index in [0.29, 0.717) is 6.42 Å². The van der Waals surface area contributed by atoms with E-state index in [9.17, 15) is 16.8 Å². The van der Waals surface area contributed by atoms with Crippen LogP contribution in [-0.4, -0.2) is 23.4 Å². The predicted octanol–water partition coefficient (Wildman–Crippen LogP) is 2.25. The van der Waals surface area contributed by atoms with Crippen molar-refractivity contribution in [2.75, 3.05) is 6.54 Å². The van der Waals surface area contributed by atoms with Crippen molar-refractivity contribution in [1.82, 2.24) is 4.72 Å². The Kier molecular flexibility index (Phi) is 6.67. The van der Waals surface area contributed by atoms with E-state index >= 15 is 0 Å². The van der Waals surface area contributed by atoms with Gasteiger partial charge in [0.1, 0.15) is 9.79 Å². The fourth-order valence-electron chi connectivity index (χ4n) is 2.33. The zero-order chi connectivity index (χ0) is 21.0. The Hall–Kier alpha value is -2.18. The molecule has 0 radical (unpaired) electrons. The molecule has 0 heterocycles. The van der Waals surface area contributed by atoms with Gasteiger partial charge in [0, 0.05) is 17.5 Å². The topological polar surface area (TPSA) is 106 Å². The molecule has 0 aromatic heterocycles. The number of hydrogen-bond donors (Lipinski definition) is 2. The molecular formula is C20H24N2O4S2. The van der Waals surface area contributed by atoms with E-state index in [1.54, 1.807) is 0 Å². The molecule has 0 bridgehead atoms. The summed E-state index contributed by atoms with van der Waals surface area (Å²) in [4.78, 5) is -0.783. The molecule has 0 unspecified atom stereocenters. The highest BCUT2D eigenvalue weighted by Gasteiger charge is 2.23. The molecule has 0 saturated carbocycles. The Balaban J connectivity index is 2.06. The predicted molar refractivity (Wildman–Crippen MR) is 109 cm³/mol. The summed E-state index contributed by atoms with van der Waals surface area (Å²) in [5, 5.41) is 5.11. The minimum Gasteiger partial charge on any atom is -0.225 e. The summed E-state index contributed by atoms with van der Waals surface area (Å²) in [6.07, 6.45) is 0.448. The van der Waals surface area contributed by atoms with Gasteiger partial charge in [0.15, 0.2) is 0 Å². The number of primary sulfonamides is 1. The van der Waals surface area contributed by atoms with Gasteiger partial charge in [-0.25, -0.2) is 26.7 Å². The summed E-state index contributed by atoms with van der Waals surface area (Å²) in [5.41, 5.74) is 1.75. The van der Waals surface area contributed by atoms with Gasteiger partial charge < -0.3 is 0 Å². The van der Waals surface area contributed by atoms with Crippen LogP contribution in [0.25, 0.3) is 0 Å². The maximum atomic E-state index is 12.5. The van der Waals surface area contributed by atoms with Gasteiger partial charge in [0.05, 0.1) is 0 Å². The van der Waals surface area contributed by atoms with Crippen LogP contribution in [-0.2, 0) is 26.5 Å². The van der Waals surface area contributed by atoms with Crippen molar-refractivity contribution in [2.45, 2.75) is 37.0 Å². The molecular weight excluding hydrogens is 396 g/mol. The van der Waals surface area contributed by atoms with E-state index in [1.165, 1.54) is 24.3 Å². The highest BCUT2D eigenvalue weighted by atomic mass is 32.2. The summed E-state index contributed by atoms with van der Waals surface area (Å²) in [7, 11) is -8.16. The van der Waals surface area contributed by atoms with Crippen molar-refractivity contribution in [3.8, 4) is 11.8 Å². The third kappa shape index (κ3) is 6.46. The first-order valence-electron chi connectivity index (χ1n) is 8.62. The number of nitrogens with one attached hydrogen (secondary N) is 1. The lowest BCUT2D eigenvalue weighted by Gasteiger charge is -2.10. The van der Waals surface area contributed by atoms with Crippen molar-refractivity contribution >= 4 is 20.0 Å². The van der Waals surface area contributed by atoms with Gasteiger partial charge in [0.2, 0.25) is 20.0 Å². The van der Waals surface area contributed by atoms with Gasteiger partial charge in [-0.2, -0.15) is 0 Å². The van der Waals surface area contributed by atoms with Crippen LogP contribution in [0.15, 0.2) is 58.3 Å². The number of hydrogen-bond acceptors (Lipinski definition) is 4. The lowest BCUT2D eigenvalue weighted by Crippen LogP contribution is -2.28. The van der Waals surface area contributed by atoms with Crippen LogP contribution in [0.5, 0.6) is 0 Å². The fourth-order valence-corrected chi connectivity index (χ4v) is 4.74. The maximum Gasteiger partial charge on any atom is 0.241 e. The number of nitrogens with two attached hydrogens (primary N) is 1. The lowest BCUT2D eigenvalue weighted by atomic mass is 9.97.